The van der Waals surface area contributed by atoms with E-state index in [2.05, 4.69) is 15.6 Å². The summed E-state index contributed by atoms with van der Waals surface area (Å²) >= 11 is 0. The molecular formula is C25H17F7N4O. The molecule has 0 spiro atoms. The molecule has 1 aromatic heterocycles. The quantitative estimate of drug-likeness (QED) is 0.312. The highest BCUT2D eigenvalue weighted by Gasteiger charge is 2.37. The average Bonchev–Trinajstić information content (AvgIpc) is 3.26. The molecule has 0 saturated carbocycles. The van der Waals surface area contributed by atoms with Gasteiger partial charge in [0.2, 0.25) is 0 Å². The van der Waals surface area contributed by atoms with Crippen LogP contribution >= 0.6 is 0 Å². The van der Waals surface area contributed by atoms with Crippen molar-refractivity contribution in [1.29, 1.82) is 0 Å². The molecule has 0 atom stereocenters. The van der Waals surface area contributed by atoms with Crippen LogP contribution in [0, 0.1) is 5.82 Å². The summed E-state index contributed by atoms with van der Waals surface area (Å²) in [7, 11) is 0. The topological polar surface area (TPSA) is 59.8 Å². The van der Waals surface area contributed by atoms with Gasteiger partial charge in [-0.25, -0.2) is 9.07 Å². The minimum Gasteiger partial charge on any atom is -0.346 e. The van der Waals surface area contributed by atoms with Crippen LogP contribution in [0.5, 0.6) is 0 Å². The first-order chi connectivity index (χ1) is 17.4. The molecule has 0 aliphatic heterocycles. The fourth-order valence-electron chi connectivity index (χ4n) is 3.61. The molecule has 0 radical (unpaired) electrons. The van der Waals surface area contributed by atoms with E-state index in [1.807, 2.05) is 0 Å². The summed E-state index contributed by atoms with van der Waals surface area (Å²) in [6.07, 6.45) is -10.0. The van der Waals surface area contributed by atoms with Crippen molar-refractivity contribution >= 4 is 5.91 Å². The molecule has 5 nitrogen and oxygen atoms in total. The number of alkyl halides is 6. The van der Waals surface area contributed by atoms with Crippen LogP contribution in [-0.2, 0) is 25.4 Å². The normalized spacial score (nSPS) is 12.0. The zero-order valence-electron chi connectivity index (χ0n) is 18.7. The summed E-state index contributed by atoms with van der Waals surface area (Å²) in [5, 5.41) is 10.3. The Hall–Kier alpha value is -4.22. The molecular weight excluding hydrogens is 505 g/mol. The second kappa shape index (κ2) is 10.0. The number of hydrogen-bond donors (Lipinski definition) is 1. The molecule has 1 N–H and O–H groups in total. The number of aromatic nitrogens is 3. The van der Waals surface area contributed by atoms with Gasteiger partial charge >= 0.3 is 12.4 Å². The maximum Gasteiger partial charge on any atom is 0.416 e. The van der Waals surface area contributed by atoms with E-state index in [-0.39, 0.29) is 29.6 Å². The highest BCUT2D eigenvalue weighted by molar-refractivity contribution is 5.98. The highest BCUT2D eigenvalue weighted by atomic mass is 19.4. The van der Waals surface area contributed by atoms with Crippen LogP contribution in [0.4, 0.5) is 30.7 Å². The van der Waals surface area contributed by atoms with Crippen molar-refractivity contribution in [3.05, 3.63) is 107 Å². The lowest BCUT2D eigenvalue weighted by Gasteiger charge is -2.15. The number of benzene rings is 3. The lowest BCUT2D eigenvalue weighted by atomic mass is 10.0. The van der Waals surface area contributed by atoms with Gasteiger partial charge in [-0.2, -0.15) is 26.3 Å². The van der Waals surface area contributed by atoms with Crippen molar-refractivity contribution in [2.45, 2.75) is 25.4 Å². The van der Waals surface area contributed by atoms with E-state index < -0.39 is 41.7 Å². The molecule has 12 heteroatoms. The third-order valence-corrected chi connectivity index (χ3v) is 5.34. The zero-order valence-corrected chi connectivity index (χ0v) is 18.7. The second-order valence-corrected chi connectivity index (χ2v) is 8.03. The van der Waals surface area contributed by atoms with E-state index >= 15 is 0 Å². The number of nitrogens with one attached hydrogen (secondary N) is 1. The van der Waals surface area contributed by atoms with Crippen molar-refractivity contribution < 1.29 is 35.5 Å². The largest absolute Gasteiger partial charge is 0.416 e. The summed E-state index contributed by atoms with van der Waals surface area (Å²) in [6, 6.07) is 14.8. The first-order valence-electron chi connectivity index (χ1n) is 10.7. The fourth-order valence-corrected chi connectivity index (χ4v) is 3.61. The SMILES string of the molecule is O=C(NCc1ccc(F)cc1)c1nnn(Cc2cc(C(F)(F)F)cc(C(F)(F)F)c2)c1-c1ccccc1. The Labute approximate surface area is 205 Å². The first kappa shape index (κ1) is 25.9. The Balaban J connectivity index is 1.71. The summed E-state index contributed by atoms with van der Waals surface area (Å²) in [5.41, 5.74) is -2.33. The van der Waals surface area contributed by atoms with E-state index in [1.54, 1.807) is 30.3 Å². The van der Waals surface area contributed by atoms with E-state index in [0.717, 1.165) is 4.68 Å². The molecule has 0 bridgehead atoms. The molecule has 0 fully saturated rings. The summed E-state index contributed by atoms with van der Waals surface area (Å²) in [5.74, 6) is -1.14. The van der Waals surface area contributed by atoms with Crippen LogP contribution in [-0.4, -0.2) is 20.9 Å². The van der Waals surface area contributed by atoms with E-state index in [4.69, 9.17) is 0 Å². The van der Waals surface area contributed by atoms with Crippen molar-refractivity contribution in [3.8, 4) is 11.3 Å². The molecule has 3 aromatic carbocycles. The zero-order chi connectivity index (χ0) is 26.8. The average molecular weight is 522 g/mol. The van der Waals surface area contributed by atoms with Gasteiger partial charge in [0, 0.05) is 12.1 Å². The third-order valence-electron chi connectivity index (χ3n) is 5.34. The summed E-state index contributed by atoms with van der Waals surface area (Å²) in [4.78, 5) is 12.9. The highest BCUT2D eigenvalue weighted by Crippen LogP contribution is 2.36. The fraction of sp³-hybridized carbons (Fsp3) is 0.160. The molecule has 0 saturated heterocycles. The third kappa shape index (κ3) is 6.13. The Morgan fingerprint density at radius 3 is 1.97 bits per heavy atom. The van der Waals surface area contributed by atoms with E-state index in [1.165, 1.54) is 24.3 Å². The van der Waals surface area contributed by atoms with Crippen molar-refractivity contribution in [3.63, 3.8) is 0 Å². The van der Waals surface area contributed by atoms with Gasteiger partial charge in [0.1, 0.15) is 11.5 Å². The summed E-state index contributed by atoms with van der Waals surface area (Å²) in [6.45, 7) is -0.502. The van der Waals surface area contributed by atoms with Gasteiger partial charge in [0.05, 0.1) is 17.7 Å². The van der Waals surface area contributed by atoms with E-state index in [9.17, 15) is 35.5 Å². The van der Waals surface area contributed by atoms with Crippen molar-refractivity contribution in [1.82, 2.24) is 20.3 Å². The Morgan fingerprint density at radius 2 is 1.41 bits per heavy atom. The van der Waals surface area contributed by atoms with Gasteiger partial charge in [-0.3, -0.25) is 4.79 Å². The maximum absolute atomic E-state index is 13.3. The lowest BCUT2D eigenvalue weighted by molar-refractivity contribution is -0.143. The van der Waals surface area contributed by atoms with Crippen LogP contribution in [0.1, 0.15) is 32.7 Å². The Bertz CT molecular complexity index is 1360. The number of nitrogens with zero attached hydrogens (tertiary/aromatic N) is 3. The molecule has 37 heavy (non-hydrogen) atoms. The maximum atomic E-state index is 13.3. The van der Waals surface area contributed by atoms with Gasteiger partial charge in [-0.05, 0) is 41.5 Å². The number of hydrogen-bond acceptors (Lipinski definition) is 3. The van der Waals surface area contributed by atoms with Gasteiger partial charge < -0.3 is 5.32 Å². The number of halogens is 7. The molecule has 1 heterocycles. The first-order valence-corrected chi connectivity index (χ1v) is 10.7. The molecule has 4 aromatic rings. The van der Waals surface area contributed by atoms with Crippen LogP contribution in [0.15, 0.2) is 72.8 Å². The minimum absolute atomic E-state index is 0.0166. The van der Waals surface area contributed by atoms with Crippen LogP contribution in [0.25, 0.3) is 11.3 Å². The molecule has 4 rings (SSSR count). The predicted molar refractivity (Wildman–Crippen MR) is 119 cm³/mol. The standard InChI is InChI=1S/C25H17F7N4O/c26-20-8-6-15(7-9-20)13-33-23(37)21-22(17-4-2-1-3-5-17)36(35-34-21)14-16-10-18(24(27,28)29)12-19(11-16)25(30,31)32/h1-12H,13-14H2,(H,33,37). The van der Waals surface area contributed by atoms with Crippen molar-refractivity contribution in [2.75, 3.05) is 0 Å². The number of rotatable bonds is 6. The van der Waals surface area contributed by atoms with Crippen LogP contribution < -0.4 is 5.32 Å². The molecule has 1 amide bonds. The summed E-state index contributed by atoms with van der Waals surface area (Å²) < 4.78 is 94.0. The smallest absolute Gasteiger partial charge is 0.346 e. The van der Waals surface area contributed by atoms with Gasteiger partial charge in [0.25, 0.3) is 5.91 Å². The lowest BCUT2D eigenvalue weighted by Crippen LogP contribution is -2.24. The van der Waals surface area contributed by atoms with Gasteiger partial charge in [-0.15, -0.1) is 5.10 Å². The predicted octanol–water partition coefficient (Wildman–Crippen LogP) is 6.10. The number of carbonyl (C=O) groups is 1. The molecule has 0 aliphatic carbocycles. The molecule has 192 valence electrons. The molecule has 0 unspecified atom stereocenters. The second-order valence-electron chi connectivity index (χ2n) is 8.03. The van der Waals surface area contributed by atoms with Crippen molar-refractivity contribution in [2.24, 2.45) is 0 Å². The van der Waals surface area contributed by atoms with Gasteiger partial charge in [-0.1, -0.05) is 47.7 Å². The van der Waals surface area contributed by atoms with Crippen LogP contribution in [0.2, 0.25) is 0 Å². The number of carbonyl (C=O) groups excluding carboxylic acids is 1. The number of amides is 1. The van der Waals surface area contributed by atoms with Gasteiger partial charge in [0.15, 0.2) is 5.69 Å². The van der Waals surface area contributed by atoms with Crippen LogP contribution in [0.3, 0.4) is 0 Å². The monoisotopic (exact) mass is 522 g/mol. The Morgan fingerprint density at radius 1 is 0.811 bits per heavy atom. The molecule has 0 aliphatic rings. The van der Waals surface area contributed by atoms with E-state index in [0.29, 0.717) is 23.3 Å². The Kier molecular flexibility index (Phi) is 7.01. The minimum atomic E-state index is -5.01.